The number of hydrogen-bond acceptors (Lipinski definition) is 2. The second-order valence-corrected chi connectivity index (χ2v) is 8.93. The highest BCUT2D eigenvalue weighted by Crippen LogP contribution is 2.38. The number of aromatic nitrogens is 2. The molecule has 2 aromatic heterocycles. The molecule has 6 aromatic rings. The Bertz CT molecular complexity index is 1770. The normalized spacial score (nSPS) is 11.1. The molecule has 0 spiro atoms. The summed E-state index contributed by atoms with van der Waals surface area (Å²) in [5, 5.41) is 12.3. The van der Waals surface area contributed by atoms with E-state index in [1.54, 1.807) is 12.4 Å². The number of benzene rings is 4. The van der Waals surface area contributed by atoms with Gasteiger partial charge in [0.2, 0.25) is 0 Å². The van der Waals surface area contributed by atoms with E-state index in [1.165, 1.54) is 27.5 Å². The van der Waals surface area contributed by atoms with Gasteiger partial charge < -0.3 is 4.57 Å². The van der Waals surface area contributed by atoms with Crippen LogP contribution in [-0.2, 0) is 0 Å². The van der Waals surface area contributed by atoms with Crippen molar-refractivity contribution in [2.75, 3.05) is 0 Å². The van der Waals surface area contributed by atoms with Crippen molar-refractivity contribution in [3.8, 4) is 34.0 Å². The van der Waals surface area contributed by atoms with Crippen molar-refractivity contribution in [3.05, 3.63) is 120 Å². The van der Waals surface area contributed by atoms with E-state index in [4.69, 9.17) is 0 Å². The average molecular weight is 450 g/mol. The highest BCUT2D eigenvalue weighted by atomic mass is 15.0. The van der Waals surface area contributed by atoms with E-state index >= 15 is 0 Å². The van der Waals surface area contributed by atoms with Gasteiger partial charge >= 0.3 is 0 Å². The summed E-state index contributed by atoms with van der Waals surface area (Å²) in [4.78, 5) is 4.15. The van der Waals surface area contributed by atoms with Crippen LogP contribution in [0.15, 0.2) is 103 Å². The average Bonchev–Trinajstić information content (AvgIpc) is 3.23. The molecule has 0 atom stereocenters. The molecule has 4 aromatic carbocycles. The van der Waals surface area contributed by atoms with Crippen molar-refractivity contribution in [1.82, 2.24) is 9.55 Å². The van der Waals surface area contributed by atoms with Crippen molar-refractivity contribution < 1.29 is 0 Å². The maximum Gasteiger partial charge on any atom is 0.0998 e. The molecule has 0 N–H and O–H groups in total. The van der Waals surface area contributed by atoms with Gasteiger partial charge in [0.25, 0.3) is 0 Å². The number of pyridine rings is 1. The summed E-state index contributed by atoms with van der Waals surface area (Å²) in [6.45, 7) is 4.23. The van der Waals surface area contributed by atoms with Crippen molar-refractivity contribution in [1.29, 1.82) is 5.26 Å². The van der Waals surface area contributed by atoms with E-state index < -0.39 is 0 Å². The first kappa shape index (κ1) is 20.9. The summed E-state index contributed by atoms with van der Waals surface area (Å²) in [5.74, 6) is 0. The first-order chi connectivity index (χ1) is 17.2. The van der Waals surface area contributed by atoms with Crippen molar-refractivity contribution in [2.45, 2.75) is 13.8 Å². The van der Waals surface area contributed by atoms with Gasteiger partial charge in [-0.05, 0) is 84.1 Å². The highest BCUT2D eigenvalue weighted by Gasteiger charge is 2.17. The molecule has 166 valence electrons. The summed E-state index contributed by atoms with van der Waals surface area (Å²) >= 11 is 0. The monoisotopic (exact) mass is 449 g/mol. The van der Waals surface area contributed by atoms with Crippen molar-refractivity contribution >= 4 is 21.8 Å². The van der Waals surface area contributed by atoms with Crippen LogP contribution < -0.4 is 0 Å². The van der Waals surface area contributed by atoms with E-state index in [0.29, 0.717) is 5.56 Å². The van der Waals surface area contributed by atoms with Crippen LogP contribution in [0.4, 0.5) is 0 Å². The van der Waals surface area contributed by atoms with Gasteiger partial charge in [0.1, 0.15) is 0 Å². The molecule has 0 saturated heterocycles. The number of nitrogens with zero attached hydrogens (tertiary/aromatic N) is 3. The summed E-state index contributed by atoms with van der Waals surface area (Å²) < 4.78 is 2.33. The summed E-state index contributed by atoms with van der Waals surface area (Å²) in [6.07, 6.45) is 3.53. The van der Waals surface area contributed by atoms with Crippen molar-refractivity contribution in [3.63, 3.8) is 0 Å². The minimum absolute atomic E-state index is 0.667. The number of para-hydroxylation sites is 1. The van der Waals surface area contributed by atoms with E-state index in [0.717, 1.165) is 33.4 Å². The number of rotatable bonds is 3. The Morgan fingerprint density at radius 2 is 1.40 bits per heavy atom. The second kappa shape index (κ2) is 8.27. The van der Waals surface area contributed by atoms with Gasteiger partial charge in [0.15, 0.2) is 0 Å². The largest absolute Gasteiger partial charge is 0.309 e. The zero-order valence-corrected chi connectivity index (χ0v) is 19.7. The van der Waals surface area contributed by atoms with Crippen LogP contribution in [0.2, 0.25) is 0 Å². The topological polar surface area (TPSA) is 41.6 Å². The fraction of sp³-hybridized carbons (Fsp3) is 0.0625. The third kappa shape index (κ3) is 3.39. The maximum atomic E-state index is 9.86. The molecule has 3 heteroatoms. The van der Waals surface area contributed by atoms with Crippen LogP contribution in [0.1, 0.15) is 16.7 Å². The van der Waals surface area contributed by atoms with Gasteiger partial charge in [-0.15, -0.1) is 0 Å². The van der Waals surface area contributed by atoms with Gasteiger partial charge in [-0.25, -0.2) is 0 Å². The van der Waals surface area contributed by atoms with Crippen LogP contribution in [0, 0.1) is 25.2 Å². The molecule has 0 saturated carbocycles. The van der Waals surface area contributed by atoms with E-state index in [9.17, 15) is 5.26 Å². The first-order valence-electron chi connectivity index (χ1n) is 11.7. The lowest BCUT2D eigenvalue weighted by Gasteiger charge is -2.15. The number of hydrogen-bond donors (Lipinski definition) is 0. The Hall–Kier alpha value is -4.68. The summed E-state index contributed by atoms with van der Waals surface area (Å²) in [6, 6.07) is 34.2. The molecule has 35 heavy (non-hydrogen) atoms. The predicted octanol–water partition coefficient (Wildman–Crippen LogP) is 8.00. The lowest BCUT2D eigenvalue weighted by Crippen LogP contribution is -1.99. The van der Waals surface area contributed by atoms with E-state index in [1.807, 2.05) is 18.2 Å². The molecule has 0 radical (unpaired) electrons. The molecule has 6 rings (SSSR count). The smallest absolute Gasteiger partial charge is 0.0998 e. The number of fused-ring (bicyclic) bond motifs is 3. The highest BCUT2D eigenvalue weighted by molar-refractivity contribution is 6.10. The Morgan fingerprint density at radius 3 is 2.20 bits per heavy atom. The minimum atomic E-state index is 0.667. The standard InChI is InChI=1S/C32H23N3/c1-21-7-3-4-8-26(21)24-11-12-31-29(18-24)27-9-5-6-10-30(27)35(31)32-19-28(23-13-15-34-16-14-23)25(20-33)17-22(32)2/h3-19H,1-2H3. The zero-order valence-electron chi connectivity index (χ0n) is 19.7. The first-order valence-corrected chi connectivity index (χ1v) is 11.7. The molecule has 0 bridgehead atoms. The molecule has 0 fully saturated rings. The zero-order chi connectivity index (χ0) is 23.9. The van der Waals surface area contributed by atoms with Gasteiger partial charge in [0, 0.05) is 34.4 Å². The molecule has 0 unspecified atom stereocenters. The molecular weight excluding hydrogens is 426 g/mol. The quantitative estimate of drug-likeness (QED) is 0.275. The Kier molecular flexibility index (Phi) is 4.94. The van der Waals surface area contributed by atoms with Crippen LogP contribution in [-0.4, -0.2) is 9.55 Å². The maximum absolute atomic E-state index is 9.86. The molecule has 0 amide bonds. The molecule has 0 aliphatic rings. The van der Waals surface area contributed by atoms with Gasteiger partial charge in [-0.2, -0.15) is 5.26 Å². The van der Waals surface area contributed by atoms with Crippen LogP contribution >= 0.6 is 0 Å². The van der Waals surface area contributed by atoms with Crippen LogP contribution in [0.5, 0.6) is 0 Å². The molecule has 0 aliphatic carbocycles. The number of aryl methyl sites for hydroxylation is 2. The van der Waals surface area contributed by atoms with Crippen molar-refractivity contribution in [2.24, 2.45) is 0 Å². The number of nitriles is 1. The fourth-order valence-electron chi connectivity index (χ4n) is 5.10. The molecule has 3 nitrogen and oxygen atoms in total. The Morgan fingerprint density at radius 1 is 0.657 bits per heavy atom. The second-order valence-electron chi connectivity index (χ2n) is 8.93. The Balaban J connectivity index is 1.66. The minimum Gasteiger partial charge on any atom is -0.309 e. The van der Waals surface area contributed by atoms with E-state index in [-0.39, 0.29) is 0 Å². The SMILES string of the molecule is Cc1ccccc1-c1ccc2c(c1)c1ccccc1n2-c1cc(-c2ccncc2)c(C#N)cc1C. The third-order valence-corrected chi connectivity index (χ3v) is 6.82. The van der Waals surface area contributed by atoms with Gasteiger partial charge in [0.05, 0.1) is 22.7 Å². The van der Waals surface area contributed by atoms with Gasteiger partial charge in [-0.3, -0.25) is 4.98 Å². The fourth-order valence-corrected chi connectivity index (χ4v) is 5.10. The summed E-state index contributed by atoms with van der Waals surface area (Å²) in [5.41, 5.74) is 10.7. The lowest BCUT2D eigenvalue weighted by molar-refractivity contribution is 1.15. The predicted molar refractivity (Wildman–Crippen MR) is 144 cm³/mol. The lowest BCUT2D eigenvalue weighted by atomic mass is 9.97. The van der Waals surface area contributed by atoms with E-state index in [2.05, 4.69) is 102 Å². The molecule has 0 aliphatic heterocycles. The van der Waals surface area contributed by atoms with Crippen LogP contribution in [0.25, 0.3) is 49.7 Å². The molecule has 2 heterocycles. The molecular formula is C32H23N3. The van der Waals surface area contributed by atoms with Crippen LogP contribution in [0.3, 0.4) is 0 Å². The third-order valence-electron chi connectivity index (χ3n) is 6.82. The summed E-state index contributed by atoms with van der Waals surface area (Å²) in [7, 11) is 0. The Labute approximate surface area is 204 Å². The van der Waals surface area contributed by atoms with Gasteiger partial charge in [-0.1, -0.05) is 48.5 Å².